The molecule has 0 unspecified atom stereocenters. The van der Waals surface area contributed by atoms with E-state index in [1.54, 1.807) is 0 Å². The molecule has 0 atom stereocenters. The van der Waals surface area contributed by atoms with Crippen LogP contribution in [0.5, 0.6) is 0 Å². The molecule has 1 aliphatic heterocycles. The van der Waals surface area contributed by atoms with Crippen LogP contribution in [0.1, 0.15) is 18.4 Å². The van der Waals surface area contributed by atoms with E-state index < -0.39 is 5.97 Å². The fourth-order valence-corrected chi connectivity index (χ4v) is 2.07. The molecule has 1 heterocycles. The third-order valence-corrected chi connectivity index (χ3v) is 2.80. The molecule has 3 heteroatoms. The molecule has 0 aliphatic carbocycles. The monoisotopic (exact) mass is 205 g/mol. The fraction of sp³-hybridized carbons (Fsp3) is 0.417. The summed E-state index contributed by atoms with van der Waals surface area (Å²) < 4.78 is 0. The number of para-hydroxylation sites is 1. The normalized spacial score (nSPS) is 14.8. The number of carboxylic acids is 1. The third kappa shape index (κ3) is 2.29. The molecule has 3 nitrogen and oxygen atoms in total. The number of carboxylic acid groups (broad SMARTS) is 1. The van der Waals surface area contributed by atoms with Crippen LogP contribution in [0.2, 0.25) is 0 Å². The maximum Gasteiger partial charge on any atom is 0.305 e. The minimum Gasteiger partial charge on any atom is -0.481 e. The molecule has 2 rings (SSSR count). The number of hydrogen-bond acceptors (Lipinski definition) is 2. The van der Waals surface area contributed by atoms with Gasteiger partial charge in [0.05, 0.1) is 6.42 Å². The molecule has 1 aromatic carbocycles. The Hall–Kier alpha value is -1.51. The molecule has 0 radical (unpaired) electrons. The van der Waals surface area contributed by atoms with Crippen LogP contribution in [0.15, 0.2) is 24.3 Å². The molecule has 0 bridgehead atoms. The molecule has 0 fully saturated rings. The number of anilines is 1. The topological polar surface area (TPSA) is 40.5 Å². The van der Waals surface area contributed by atoms with Gasteiger partial charge < -0.3 is 10.0 Å². The van der Waals surface area contributed by atoms with Crippen LogP contribution in [0, 0.1) is 0 Å². The van der Waals surface area contributed by atoms with Gasteiger partial charge in [0.2, 0.25) is 0 Å². The highest BCUT2D eigenvalue weighted by Crippen LogP contribution is 2.26. The lowest BCUT2D eigenvalue weighted by Crippen LogP contribution is -2.31. The van der Waals surface area contributed by atoms with Crippen LogP contribution >= 0.6 is 0 Å². The van der Waals surface area contributed by atoms with E-state index in [1.165, 1.54) is 11.3 Å². The van der Waals surface area contributed by atoms with Gasteiger partial charge in [-0.15, -0.1) is 0 Å². The van der Waals surface area contributed by atoms with Crippen molar-refractivity contribution in [2.24, 2.45) is 0 Å². The minimum atomic E-state index is -0.724. The quantitative estimate of drug-likeness (QED) is 0.819. The first-order valence-corrected chi connectivity index (χ1v) is 5.32. The van der Waals surface area contributed by atoms with Gasteiger partial charge in [0, 0.05) is 18.8 Å². The van der Waals surface area contributed by atoms with Gasteiger partial charge >= 0.3 is 5.97 Å². The molecule has 0 saturated heterocycles. The second-order valence-corrected chi connectivity index (χ2v) is 3.86. The number of aryl methyl sites for hydroxylation is 1. The maximum atomic E-state index is 10.5. The van der Waals surface area contributed by atoms with Crippen molar-refractivity contribution in [3.63, 3.8) is 0 Å². The number of aliphatic carboxylic acids is 1. The van der Waals surface area contributed by atoms with Gasteiger partial charge in [-0.2, -0.15) is 0 Å². The van der Waals surface area contributed by atoms with Gasteiger partial charge in [0.15, 0.2) is 0 Å². The van der Waals surface area contributed by atoms with Crippen molar-refractivity contribution >= 4 is 11.7 Å². The van der Waals surface area contributed by atoms with Crippen LogP contribution in [-0.2, 0) is 11.2 Å². The molecule has 0 aromatic heterocycles. The summed E-state index contributed by atoms with van der Waals surface area (Å²) in [5.74, 6) is -0.724. The van der Waals surface area contributed by atoms with Crippen molar-refractivity contribution in [2.45, 2.75) is 19.3 Å². The summed E-state index contributed by atoms with van der Waals surface area (Å²) in [7, 11) is 0. The van der Waals surface area contributed by atoms with Crippen LogP contribution in [0.25, 0.3) is 0 Å². The van der Waals surface area contributed by atoms with Crippen molar-refractivity contribution in [3.05, 3.63) is 29.8 Å². The van der Waals surface area contributed by atoms with Crippen molar-refractivity contribution in [3.8, 4) is 0 Å². The van der Waals surface area contributed by atoms with Crippen molar-refractivity contribution in [1.29, 1.82) is 0 Å². The zero-order valence-corrected chi connectivity index (χ0v) is 8.65. The average molecular weight is 205 g/mol. The van der Waals surface area contributed by atoms with Crippen molar-refractivity contribution < 1.29 is 9.90 Å². The number of fused-ring (bicyclic) bond motifs is 1. The Balaban J connectivity index is 2.11. The summed E-state index contributed by atoms with van der Waals surface area (Å²) in [4.78, 5) is 12.7. The van der Waals surface area contributed by atoms with Crippen LogP contribution in [-0.4, -0.2) is 24.2 Å². The van der Waals surface area contributed by atoms with Gasteiger partial charge in [-0.05, 0) is 24.5 Å². The molecular weight excluding hydrogens is 190 g/mol. The summed E-state index contributed by atoms with van der Waals surface area (Å²) in [6, 6.07) is 8.26. The number of nitrogens with zero attached hydrogens (tertiary/aromatic N) is 1. The zero-order valence-electron chi connectivity index (χ0n) is 8.65. The van der Waals surface area contributed by atoms with Crippen LogP contribution in [0.3, 0.4) is 0 Å². The smallest absolute Gasteiger partial charge is 0.305 e. The summed E-state index contributed by atoms with van der Waals surface area (Å²) in [6.45, 7) is 1.59. The largest absolute Gasteiger partial charge is 0.481 e. The Morgan fingerprint density at radius 2 is 2.20 bits per heavy atom. The van der Waals surface area contributed by atoms with Crippen molar-refractivity contribution in [1.82, 2.24) is 0 Å². The van der Waals surface area contributed by atoms with Gasteiger partial charge in [0.1, 0.15) is 0 Å². The lowest BCUT2D eigenvalue weighted by molar-refractivity contribution is -0.136. The van der Waals surface area contributed by atoms with E-state index in [2.05, 4.69) is 17.0 Å². The molecule has 1 aliphatic rings. The van der Waals surface area contributed by atoms with E-state index in [1.807, 2.05) is 12.1 Å². The Labute approximate surface area is 89.3 Å². The van der Waals surface area contributed by atoms with Gasteiger partial charge in [-0.1, -0.05) is 18.2 Å². The first-order chi connectivity index (χ1) is 7.27. The molecule has 0 spiro atoms. The highest BCUT2D eigenvalue weighted by Gasteiger charge is 2.16. The molecular formula is C12H15NO2. The Kier molecular flexibility index (Phi) is 2.90. The summed E-state index contributed by atoms with van der Waals surface area (Å²) >= 11 is 0. The number of benzene rings is 1. The fourth-order valence-electron chi connectivity index (χ4n) is 2.07. The lowest BCUT2D eigenvalue weighted by atomic mass is 10.0. The van der Waals surface area contributed by atoms with E-state index in [0.29, 0.717) is 6.54 Å². The molecule has 0 saturated carbocycles. The predicted molar refractivity (Wildman–Crippen MR) is 59.2 cm³/mol. The van der Waals surface area contributed by atoms with E-state index in [4.69, 9.17) is 5.11 Å². The van der Waals surface area contributed by atoms with Gasteiger partial charge in [-0.25, -0.2) is 0 Å². The maximum absolute atomic E-state index is 10.5. The molecule has 15 heavy (non-hydrogen) atoms. The van der Waals surface area contributed by atoms with E-state index in [-0.39, 0.29) is 6.42 Å². The second kappa shape index (κ2) is 4.34. The van der Waals surface area contributed by atoms with E-state index >= 15 is 0 Å². The number of hydrogen-bond donors (Lipinski definition) is 1. The third-order valence-electron chi connectivity index (χ3n) is 2.80. The number of rotatable bonds is 3. The number of carbonyl (C=O) groups is 1. The summed E-state index contributed by atoms with van der Waals surface area (Å²) in [6.07, 6.45) is 2.45. The predicted octanol–water partition coefficient (Wildman–Crippen LogP) is 1.91. The minimum absolute atomic E-state index is 0.217. The Morgan fingerprint density at radius 1 is 1.40 bits per heavy atom. The Morgan fingerprint density at radius 3 is 3.00 bits per heavy atom. The zero-order chi connectivity index (χ0) is 10.7. The van der Waals surface area contributed by atoms with Crippen LogP contribution in [0.4, 0.5) is 5.69 Å². The average Bonchev–Trinajstić information content (AvgIpc) is 2.26. The highest BCUT2D eigenvalue weighted by molar-refractivity contribution is 5.68. The van der Waals surface area contributed by atoms with Crippen molar-refractivity contribution in [2.75, 3.05) is 18.0 Å². The van der Waals surface area contributed by atoms with Gasteiger partial charge in [-0.3, -0.25) is 4.79 Å². The SMILES string of the molecule is O=C(O)CCN1CCCc2ccccc21. The first-order valence-electron chi connectivity index (χ1n) is 5.32. The first kappa shape index (κ1) is 10.0. The van der Waals surface area contributed by atoms with E-state index in [0.717, 1.165) is 19.4 Å². The molecule has 1 aromatic rings. The molecule has 0 amide bonds. The molecule has 80 valence electrons. The second-order valence-electron chi connectivity index (χ2n) is 3.86. The summed E-state index contributed by atoms with van der Waals surface area (Å²) in [5, 5.41) is 8.67. The molecule has 1 N–H and O–H groups in total. The van der Waals surface area contributed by atoms with Gasteiger partial charge in [0.25, 0.3) is 0 Å². The van der Waals surface area contributed by atoms with Crippen LogP contribution < -0.4 is 4.90 Å². The lowest BCUT2D eigenvalue weighted by Gasteiger charge is -2.30. The van der Waals surface area contributed by atoms with E-state index in [9.17, 15) is 4.79 Å². The highest BCUT2D eigenvalue weighted by atomic mass is 16.4. The Bertz CT molecular complexity index is 362. The standard InChI is InChI=1S/C12H15NO2/c14-12(15)7-9-13-8-3-5-10-4-1-2-6-11(10)13/h1-2,4,6H,3,5,7-9H2,(H,14,15). The summed E-state index contributed by atoms with van der Waals surface area (Å²) in [5.41, 5.74) is 2.55.